The molecule has 0 aliphatic heterocycles. The second kappa shape index (κ2) is 9.16. The number of anilines is 4. The molecule has 0 heterocycles. The average Bonchev–Trinajstić information content (AvgIpc) is 2.90. The van der Waals surface area contributed by atoms with Gasteiger partial charge in [-0.2, -0.15) is 0 Å². The van der Waals surface area contributed by atoms with Crippen molar-refractivity contribution in [2.24, 2.45) is 0 Å². The summed E-state index contributed by atoms with van der Waals surface area (Å²) in [5.41, 5.74) is 34.8. The van der Waals surface area contributed by atoms with Crippen molar-refractivity contribution in [3.05, 3.63) is 132 Å². The number of rotatable bonds is 5. The Morgan fingerprint density at radius 3 is 1.22 bits per heavy atom. The van der Waals surface area contributed by atoms with Crippen molar-refractivity contribution in [2.75, 3.05) is 22.9 Å². The van der Waals surface area contributed by atoms with E-state index in [1.807, 2.05) is 66.7 Å². The fourth-order valence-electron chi connectivity index (χ4n) is 4.96. The highest BCUT2D eigenvalue weighted by Gasteiger charge is 2.32. The highest BCUT2D eigenvalue weighted by atomic mass is 14.6. The van der Waals surface area contributed by atoms with E-state index < -0.39 is 5.41 Å². The average molecular weight is 471 g/mol. The third-order valence-electron chi connectivity index (χ3n) is 7.11. The van der Waals surface area contributed by atoms with Gasteiger partial charge in [0, 0.05) is 50.4 Å². The Balaban J connectivity index is 1.76. The smallest absolute Gasteiger partial charge is 0.0423 e. The van der Waals surface area contributed by atoms with Crippen LogP contribution in [0.1, 0.15) is 23.6 Å². The van der Waals surface area contributed by atoms with Gasteiger partial charge in [-0.05, 0) is 60.0 Å². The monoisotopic (exact) mass is 470 g/mol. The lowest BCUT2D eigenvalue weighted by Crippen LogP contribution is -2.25. The van der Waals surface area contributed by atoms with Gasteiger partial charge in [0.15, 0.2) is 0 Å². The molecule has 0 unspecified atom stereocenters. The predicted octanol–water partition coefficient (Wildman–Crippen LogP) is 6.70. The summed E-state index contributed by atoms with van der Waals surface area (Å²) >= 11 is 0. The molecule has 0 saturated heterocycles. The van der Waals surface area contributed by atoms with Crippen molar-refractivity contribution < 1.29 is 0 Å². The summed E-state index contributed by atoms with van der Waals surface area (Å²) in [5.74, 6) is 0. The van der Waals surface area contributed by atoms with E-state index in [9.17, 15) is 0 Å². The third-order valence-corrected chi connectivity index (χ3v) is 7.11. The molecule has 0 bridgehead atoms. The molecule has 5 rings (SSSR count). The van der Waals surface area contributed by atoms with Gasteiger partial charge >= 0.3 is 0 Å². The Bertz CT molecular complexity index is 1440. The number of para-hydroxylation sites is 2. The van der Waals surface area contributed by atoms with E-state index in [2.05, 4.69) is 55.5 Å². The molecule has 5 aromatic carbocycles. The first-order valence-corrected chi connectivity index (χ1v) is 11.9. The van der Waals surface area contributed by atoms with E-state index in [0.29, 0.717) is 22.7 Å². The number of hydrogen-bond acceptors (Lipinski definition) is 4. The van der Waals surface area contributed by atoms with Gasteiger partial charge in [0.05, 0.1) is 0 Å². The lowest BCUT2D eigenvalue weighted by molar-refractivity contribution is 0.693. The largest absolute Gasteiger partial charge is 0.398 e. The van der Waals surface area contributed by atoms with Crippen molar-refractivity contribution in [3.8, 4) is 22.3 Å². The molecule has 0 aliphatic rings. The van der Waals surface area contributed by atoms with Crippen LogP contribution in [0.4, 0.5) is 22.7 Å². The van der Waals surface area contributed by atoms with Crippen molar-refractivity contribution in [3.63, 3.8) is 0 Å². The standard InChI is InChI=1S/C32H30N4/c1-32(21-9-3-2-4-10-21,22-15-17-30(35)26(19-22)24-11-5-7-13-28(24)33)23-16-18-31(36)27(20-23)25-12-6-8-14-29(25)34/h2-20H,33-36H2,1H3. The topological polar surface area (TPSA) is 104 Å². The van der Waals surface area contributed by atoms with Crippen LogP contribution >= 0.6 is 0 Å². The van der Waals surface area contributed by atoms with E-state index in [1.165, 1.54) is 0 Å². The molecule has 0 radical (unpaired) electrons. The van der Waals surface area contributed by atoms with Gasteiger partial charge in [-0.3, -0.25) is 0 Å². The summed E-state index contributed by atoms with van der Waals surface area (Å²) in [6.07, 6.45) is 0. The van der Waals surface area contributed by atoms with Crippen molar-refractivity contribution in [1.29, 1.82) is 0 Å². The Kier molecular flexibility index (Phi) is 5.87. The maximum Gasteiger partial charge on any atom is 0.0423 e. The van der Waals surface area contributed by atoms with Gasteiger partial charge < -0.3 is 22.9 Å². The van der Waals surface area contributed by atoms with Crippen LogP contribution in [0.25, 0.3) is 22.3 Å². The zero-order chi connectivity index (χ0) is 25.3. The minimum atomic E-state index is -0.501. The first-order valence-electron chi connectivity index (χ1n) is 11.9. The van der Waals surface area contributed by atoms with Crippen molar-refractivity contribution in [1.82, 2.24) is 0 Å². The fraction of sp³-hybridized carbons (Fsp3) is 0.0625. The second-order valence-electron chi connectivity index (χ2n) is 9.27. The number of benzene rings is 5. The van der Waals surface area contributed by atoms with Gasteiger partial charge in [0.1, 0.15) is 0 Å². The van der Waals surface area contributed by atoms with Gasteiger partial charge in [0.25, 0.3) is 0 Å². The predicted molar refractivity (Wildman–Crippen MR) is 153 cm³/mol. The summed E-state index contributed by atoms with van der Waals surface area (Å²) in [6.45, 7) is 2.23. The molecule has 0 aromatic heterocycles. The molecule has 4 nitrogen and oxygen atoms in total. The van der Waals surface area contributed by atoms with Crippen LogP contribution in [-0.4, -0.2) is 0 Å². The van der Waals surface area contributed by atoms with E-state index >= 15 is 0 Å². The zero-order valence-corrected chi connectivity index (χ0v) is 20.3. The van der Waals surface area contributed by atoms with Crippen molar-refractivity contribution in [2.45, 2.75) is 12.3 Å². The molecule has 0 aliphatic carbocycles. The molecule has 36 heavy (non-hydrogen) atoms. The lowest BCUT2D eigenvalue weighted by Gasteiger charge is -2.33. The molecular weight excluding hydrogens is 440 g/mol. The van der Waals surface area contributed by atoms with Crippen LogP contribution in [0, 0.1) is 0 Å². The van der Waals surface area contributed by atoms with E-state index in [0.717, 1.165) is 38.9 Å². The highest BCUT2D eigenvalue weighted by molar-refractivity contribution is 5.86. The molecule has 4 heteroatoms. The van der Waals surface area contributed by atoms with Crippen LogP contribution in [-0.2, 0) is 5.41 Å². The molecule has 0 spiro atoms. The number of hydrogen-bond donors (Lipinski definition) is 4. The summed E-state index contributed by atoms with van der Waals surface area (Å²) in [7, 11) is 0. The Morgan fingerprint density at radius 1 is 0.389 bits per heavy atom. The first kappa shape index (κ1) is 23.1. The van der Waals surface area contributed by atoms with Crippen LogP contribution in [0.5, 0.6) is 0 Å². The molecule has 8 N–H and O–H groups in total. The van der Waals surface area contributed by atoms with Gasteiger partial charge in [-0.1, -0.05) is 78.9 Å². The summed E-state index contributed by atoms with van der Waals surface area (Å²) in [4.78, 5) is 0. The first-order chi connectivity index (χ1) is 17.4. The molecule has 0 amide bonds. The maximum atomic E-state index is 6.46. The fourth-order valence-corrected chi connectivity index (χ4v) is 4.96. The van der Waals surface area contributed by atoms with Gasteiger partial charge in [0.2, 0.25) is 0 Å². The molecule has 0 saturated carbocycles. The molecule has 0 fully saturated rings. The van der Waals surface area contributed by atoms with Crippen LogP contribution in [0.15, 0.2) is 115 Å². The Hall–Kier alpha value is -4.70. The molecule has 0 atom stereocenters. The molecule has 178 valence electrons. The molecular formula is C32H30N4. The van der Waals surface area contributed by atoms with Crippen LogP contribution < -0.4 is 22.9 Å². The van der Waals surface area contributed by atoms with Gasteiger partial charge in [-0.15, -0.1) is 0 Å². The quantitative estimate of drug-likeness (QED) is 0.169. The van der Waals surface area contributed by atoms with Gasteiger partial charge in [-0.25, -0.2) is 0 Å². The number of nitrogens with two attached hydrogens (primary N) is 4. The maximum absolute atomic E-state index is 6.46. The summed E-state index contributed by atoms with van der Waals surface area (Å²) in [6, 6.07) is 38.5. The normalized spacial score (nSPS) is 11.4. The van der Waals surface area contributed by atoms with Crippen LogP contribution in [0.3, 0.4) is 0 Å². The van der Waals surface area contributed by atoms with E-state index in [1.54, 1.807) is 0 Å². The summed E-state index contributed by atoms with van der Waals surface area (Å²) in [5, 5.41) is 0. The van der Waals surface area contributed by atoms with Crippen LogP contribution in [0.2, 0.25) is 0 Å². The van der Waals surface area contributed by atoms with E-state index in [-0.39, 0.29) is 0 Å². The molecule has 5 aromatic rings. The SMILES string of the molecule is CC(c1ccccc1)(c1ccc(N)c(-c2ccccc2N)c1)c1ccc(N)c(-c2ccccc2N)c1. The second-order valence-corrected chi connectivity index (χ2v) is 9.27. The Morgan fingerprint density at radius 2 is 0.778 bits per heavy atom. The lowest BCUT2D eigenvalue weighted by atomic mass is 9.70. The van der Waals surface area contributed by atoms with E-state index in [4.69, 9.17) is 22.9 Å². The summed E-state index contributed by atoms with van der Waals surface area (Å²) < 4.78 is 0. The highest BCUT2D eigenvalue weighted by Crippen LogP contribution is 2.44. The number of nitrogen functional groups attached to an aromatic ring is 4. The zero-order valence-electron chi connectivity index (χ0n) is 20.3. The van der Waals surface area contributed by atoms with Crippen molar-refractivity contribution >= 4 is 22.7 Å². The minimum absolute atomic E-state index is 0.501. The third kappa shape index (κ3) is 3.93. The minimum Gasteiger partial charge on any atom is -0.398 e. The Labute approximate surface area is 212 Å².